The van der Waals surface area contributed by atoms with E-state index in [2.05, 4.69) is 15.6 Å². The maximum atomic E-state index is 12.9. The first-order chi connectivity index (χ1) is 14.9. The molecule has 1 heterocycles. The zero-order chi connectivity index (χ0) is 22.2. The highest BCUT2D eigenvalue weighted by molar-refractivity contribution is 7.91. The maximum Gasteiger partial charge on any atom is 0.251 e. The molecule has 0 spiro atoms. The second kappa shape index (κ2) is 10.6. The molecule has 0 saturated carbocycles. The number of nitrogens with one attached hydrogen (secondary N) is 2. The predicted molar refractivity (Wildman–Crippen MR) is 122 cm³/mol. The second-order valence-corrected chi connectivity index (χ2v) is 8.54. The molecular formula is C24H23N3O3S. The summed E-state index contributed by atoms with van der Waals surface area (Å²) in [5.74, 6) is -0.479. The van der Waals surface area contributed by atoms with Gasteiger partial charge in [0, 0.05) is 53.0 Å². The molecule has 1 unspecified atom stereocenters. The number of hydrogen-bond donors (Lipinski definition) is 2. The van der Waals surface area contributed by atoms with Crippen LogP contribution in [0.25, 0.3) is 6.08 Å². The molecule has 2 amide bonds. The van der Waals surface area contributed by atoms with Crippen LogP contribution in [0.15, 0.2) is 88.9 Å². The van der Waals surface area contributed by atoms with Crippen LogP contribution in [0.2, 0.25) is 0 Å². The van der Waals surface area contributed by atoms with Crippen LogP contribution in [0.4, 0.5) is 5.69 Å². The third-order valence-electron chi connectivity index (χ3n) is 4.18. The van der Waals surface area contributed by atoms with E-state index in [9.17, 15) is 14.1 Å². The van der Waals surface area contributed by atoms with Crippen LogP contribution in [-0.2, 0) is 16.0 Å². The Hall–Kier alpha value is -3.42. The summed E-state index contributed by atoms with van der Waals surface area (Å²) in [5, 5.41) is 5.59. The molecule has 2 N–H and O–H groups in total. The quantitative estimate of drug-likeness (QED) is 0.434. The molecule has 0 aliphatic heterocycles. The minimum atomic E-state index is -1.45. The molecule has 0 radical (unpaired) electrons. The smallest absolute Gasteiger partial charge is 0.251 e. The molecule has 3 rings (SSSR count). The Morgan fingerprint density at radius 2 is 1.81 bits per heavy atom. The number of benzene rings is 2. The summed E-state index contributed by atoms with van der Waals surface area (Å²) >= 11 is -1.45. The topological polar surface area (TPSA) is 94.1 Å². The minimum Gasteiger partial charge on any atom is -0.606 e. The second-order valence-electron chi connectivity index (χ2n) is 7.06. The van der Waals surface area contributed by atoms with E-state index in [0.717, 1.165) is 5.56 Å². The standard InChI is InChI=1S/C24H23N3O3S/c1-17(2)26-24(29)19-6-3-7-22(15-19)31(30)21-11-9-20(10-12-21)27-23(28)13-8-18-5-4-14-25-16-18/h3-17H,1-2H3,(H,26,29)(H,27,28)/b13-8+. The van der Waals surface area contributed by atoms with E-state index in [4.69, 9.17) is 0 Å². The Kier molecular flexibility index (Phi) is 7.59. The number of carbonyl (C=O) groups excluding carboxylic acids is 2. The Morgan fingerprint density at radius 3 is 2.48 bits per heavy atom. The number of carbonyl (C=O) groups is 2. The highest BCUT2D eigenvalue weighted by atomic mass is 32.2. The van der Waals surface area contributed by atoms with Crippen LogP contribution < -0.4 is 10.6 Å². The van der Waals surface area contributed by atoms with Crippen molar-refractivity contribution in [3.8, 4) is 0 Å². The Labute approximate surface area is 184 Å². The monoisotopic (exact) mass is 433 g/mol. The minimum absolute atomic E-state index is 0.0172. The number of aromatic nitrogens is 1. The van der Waals surface area contributed by atoms with Crippen LogP contribution in [0, 0.1) is 0 Å². The number of anilines is 1. The van der Waals surface area contributed by atoms with Crippen molar-refractivity contribution >= 4 is 34.8 Å². The van der Waals surface area contributed by atoms with E-state index < -0.39 is 11.2 Å². The van der Waals surface area contributed by atoms with Crippen molar-refractivity contribution < 1.29 is 14.1 Å². The van der Waals surface area contributed by atoms with Gasteiger partial charge < -0.3 is 15.2 Å². The molecule has 3 aromatic rings. The molecule has 0 saturated heterocycles. The predicted octanol–water partition coefficient (Wildman–Crippen LogP) is 4.04. The summed E-state index contributed by atoms with van der Waals surface area (Å²) in [7, 11) is 0. The largest absolute Gasteiger partial charge is 0.606 e. The lowest BCUT2D eigenvalue weighted by atomic mass is 10.2. The van der Waals surface area contributed by atoms with Crippen molar-refractivity contribution in [2.24, 2.45) is 0 Å². The molecule has 2 aromatic carbocycles. The SMILES string of the molecule is CC(C)NC(=O)c1cccc([S+]([O-])c2ccc(NC(=O)/C=C/c3cccnc3)cc2)c1. The molecule has 7 heteroatoms. The number of nitrogens with zero attached hydrogens (tertiary/aromatic N) is 1. The van der Waals surface area contributed by atoms with Gasteiger partial charge in [-0.2, -0.15) is 0 Å². The molecule has 1 atom stereocenters. The van der Waals surface area contributed by atoms with Crippen LogP contribution in [0.3, 0.4) is 0 Å². The third kappa shape index (κ3) is 6.53. The average molecular weight is 434 g/mol. The van der Waals surface area contributed by atoms with E-state index in [1.807, 2.05) is 19.9 Å². The van der Waals surface area contributed by atoms with E-state index in [1.165, 1.54) is 6.08 Å². The van der Waals surface area contributed by atoms with Crippen molar-refractivity contribution in [1.29, 1.82) is 0 Å². The third-order valence-corrected chi connectivity index (χ3v) is 5.56. The van der Waals surface area contributed by atoms with Crippen molar-refractivity contribution in [3.63, 3.8) is 0 Å². The first kappa shape index (κ1) is 22.3. The Bertz CT molecular complexity index is 1070. The van der Waals surface area contributed by atoms with Gasteiger partial charge in [0.1, 0.15) is 0 Å². The zero-order valence-corrected chi connectivity index (χ0v) is 18.1. The number of hydrogen-bond acceptors (Lipinski definition) is 4. The lowest BCUT2D eigenvalue weighted by Crippen LogP contribution is -2.30. The fourth-order valence-electron chi connectivity index (χ4n) is 2.73. The molecular weight excluding hydrogens is 410 g/mol. The average Bonchev–Trinajstić information content (AvgIpc) is 2.78. The molecule has 1 aromatic heterocycles. The van der Waals surface area contributed by atoms with Gasteiger partial charge >= 0.3 is 0 Å². The van der Waals surface area contributed by atoms with Crippen molar-refractivity contribution in [1.82, 2.24) is 10.3 Å². The van der Waals surface area contributed by atoms with Gasteiger partial charge in [0.2, 0.25) is 5.91 Å². The van der Waals surface area contributed by atoms with E-state index in [1.54, 1.807) is 73.1 Å². The molecule has 0 aliphatic carbocycles. The van der Waals surface area contributed by atoms with E-state index in [-0.39, 0.29) is 17.9 Å². The molecule has 6 nitrogen and oxygen atoms in total. The summed E-state index contributed by atoms with van der Waals surface area (Å²) in [4.78, 5) is 29.4. The highest BCUT2D eigenvalue weighted by Crippen LogP contribution is 2.23. The highest BCUT2D eigenvalue weighted by Gasteiger charge is 2.17. The molecule has 0 fully saturated rings. The molecule has 31 heavy (non-hydrogen) atoms. The maximum absolute atomic E-state index is 12.9. The summed E-state index contributed by atoms with van der Waals surface area (Å²) in [6.45, 7) is 3.77. The zero-order valence-electron chi connectivity index (χ0n) is 17.2. The lowest BCUT2D eigenvalue weighted by molar-refractivity contribution is -0.111. The summed E-state index contributed by atoms with van der Waals surface area (Å²) in [6.07, 6.45) is 6.43. The summed E-state index contributed by atoms with van der Waals surface area (Å²) in [6, 6.07) is 17.2. The number of pyridine rings is 1. The first-order valence-electron chi connectivity index (χ1n) is 9.74. The lowest BCUT2D eigenvalue weighted by Gasteiger charge is -2.12. The van der Waals surface area contributed by atoms with Gasteiger partial charge in [-0.05, 0) is 68.0 Å². The van der Waals surface area contributed by atoms with E-state index >= 15 is 0 Å². The van der Waals surface area contributed by atoms with Crippen LogP contribution in [0.5, 0.6) is 0 Å². The van der Waals surface area contributed by atoms with Gasteiger partial charge in [-0.15, -0.1) is 0 Å². The van der Waals surface area contributed by atoms with Crippen LogP contribution >= 0.6 is 0 Å². The van der Waals surface area contributed by atoms with Gasteiger partial charge in [0.25, 0.3) is 5.91 Å². The molecule has 158 valence electrons. The fraction of sp³-hybridized carbons (Fsp3) is 0.125. The van der Waals surface area contributed by atoms with Gasteiger partial charge in [-0.25, -0.2) is 0 Å². The normalized spacial score (nSPS) is 12.0. The van der Waals surface area contributed by atoms with Gasteiger partial charge in [-0.3, -0.25) is 14.6 Å². The van der Waals surface area contributed by atoms with Gasteiger partial charge in [0.15, 0.2) is 9.79 Å². The van der Waals surface area contributed by atoms with Crippen molar-refractivity contribution in [2.75, 3.05) is 5.32 Å². The Morgan fingerprint density at radius 1 is 1.03 bits per heavy atom. The van der Waals surface area contributed by atoms with Crippen molar-refractivity contribution in [3.05, 3.63) is 90.3 Å². The van der Waals surface area contributed by atoms with Gasteiger partial charge in [-0.1, -0.05) is 12.1 Å². The number of rotatable bonds is 7. The van der Waals surface area contributed by atoms with Crippen LogP contribution in [-0.4, -0.2) is 27.4 Å². The fourth-order valence-corrected chi connectivity index (χ4v) is 3.82. The number of amides is 2. The Balaban J connectivity index is 1.65. The van der Waals surface area contributed by atoms with Gasteiger partial charge in [0.05, 0.1) is 0 Å². The summed E-state index contributed by atoms with van der Waals surface area (Å²) < 4.78 is 12.9. The first-order valence-corrected chi connectivity index (χ1v) is 10.9. The molecule has 0 aliphatic rings. The molecule has 0 bridgehead atoms. The van der Waals surface area contributed by atoms with Crippen LogP contribution in [0.1, 0.15) is 29.8 Å². The van der Waals surface area contributed by atoms with E-state index in [0.29, 0.717) is 21.0 Å². The summed E-state index contributed by atoms with van der Waals surface area (Å²) in [5.41, 5.74) is 1.88. The van der Waals surface area contributed by atoms with Crippen molar-refractivity contribution in [2.45, 2.75) is 29.7 Å².